The van der Waals surface area contributed by atoms with Crippen molar-refractivity contribution in [3.63, 3.8) is 0 Å². The Morgan fingerprint density at radius 3 is 2.42 bits per heavy atom. The van der Waals surface area contributed by atoms with E-state index in [1.807, 2.05) is 56.9 Å². The maximum atomic E-state index is 13.5. The van der Waals surface area contributed by atoms with Crippen LogP contribution in [0.4, 0.5) is 0 Å². The van der Waals surface area contributed by atoms with E-state index >= 15 is 0 Å². The standard InChI is InChI=1S/C31H47N5O7/c1-5-19(4)28-30(40)32-17-43-22-14-24(29(39)35-28)36(15-22)16-25(37)23-13-20-8-10-21(11-9-20)42-12-6-7-26(38)34-27(18(2)3)31(41)33-23/h8-11,18-19,22-25,27-28,37H,5-7,12-17H2,1-4H3,(H,32,40)(H,33,41)(H,34,38)(H,35,39). The maximum absolute atomic E-state index is 13.5. The first kappa shape index (κ1) is 32.7. The molecular weight excluding hydrogens is 554 g/mol. The fourth-order valence-electron chi connectivity index (χ4n) is 5.85. The monoisotopic (exact) mass is 601 g/mol. The molecule has 0 saturated carbocycles. The predicted molar refractivity (Wildman–Crippen MR) is 159 cm³/mol. The normalized spacial score (nSPS) is 29.3. The molecule has 4 aliphatic heterocycles. The third-order valence-corrected chi connectivity index (χ3v) is 8.70. The Labute approximate surface area is 253 Å². The van der Waals surface area contributed by atoms with Crippen LogP contribution in [-0.2, 0) is 30.3 Å². The van der Waals surface area contributed by atoms with E-state index in [1.54, 1.807) is 0 Å². The van der Waals surface area contributed by atoms with Crippen LogP contribution in [0.5, 0.6) is 5.75 Å². The zero-order chi connectivity index (χ0) is 31.1. The van der Waals surface area contributed by atoms with Gasteiger partial charge in [-0.25, -0.2) is 0 Å². The molecule has 7 unspecified atom stereocenters. The molecule has 0 radical (unpaired) electrons. The first-order chi connectivity index (χ1) is 20.5. The number of rotatable bonds is 6. The average molecular weight is 602 g/mol. The second kappa shape index (κ2) is 15.0. The van der Waals surface area contributed by atoms with Crippen molar-refractivity contribution in [3.05, 3.63) is 29.8 Å². The van der Waals surface area contributed by atoms with Gasteiger partial charge in [0.25, 0.3) is 0 Å². The van der Waals surface area contributed by atoms with Crippen molar-refractivity contribution in [2.24, 2.45) is 11.8 Å². The molecular formula is C31H47N5O7. The van der Waals surface area contributed by atoms with E-state index in [2.05, 4.69) is 21.3 Å². The summed E-state index contributed by atoms with van der Waals surface area (Å²) in [7, 11) is 0. The van der Waals surface area contributed by atoms with Gasteiger partial charge in [-0.1, -0.05) is 46.2 Å². The number of nitrogens with zero attached hydrogens (tertiary/aromatic N) is 1. The molecule has 1 aromatic rings. The molecule has 4 heterocycles. The van der Waals surface area contributed by atoms with Crippen LogP contribution in [0.25, 0.3) is 0 Å². The van der Waals surface area contributed by atoms with Crippen LogP contribution in [0.2, 0.25) is 0 Å². The van der Waals surface area contributed by atoms with E-state index in [-0.39, 0.29) is 61.3 Å². The number of fused-ring (bicyclic) bond motifs is 14. The fraction of sp³-hybridized carbons (Fsp3) is 0.677. The van der Waals surface area contributed by atoms with Crippen LogP contribution in [0.3, 0.4) is 0 Å². The zero-order valence-electron chi connectivity index (χ0n) is 25.6. The predicted octanol–water partition coefficient (Wildman–Crippen LogP) is 0.466. The molecule has 4 bridgehead atoms. The number of carbonyl (C=O) groups excluding carboxylic acids is 4. The van der Waals surface area contributed by atoms with Crippen molar-refractivity contribution in [2.75, 3.05) is 26.4 Å². The Kier molecular flexibility index (Phi) is 11.4. The lowest BCUT2D eigenvalue weighted by Crippen LogP contribution is -2.58. The van der Waals surface area contributed by atoms with Crippen molar-refractivity contribution < 1.29 is 33.8 Å². The number of carbonyl (C=O) groups is 4. The summed E-state index contributed by atoms with van der Waals surface area (Å²) in [5.41, 5.74) is 0.889. The lowest BCUT2D eigenvalue weighted by atomic mass is 9.97. The lowest BCUT2D eigenvalue weighted by Gasteiger charge is -2.33. The van der Waals surface area contributed by atoms with Crippen molar-refractivity contribution in [1.29, 1.82) is 0 Å². The van der Waals surface area contributed by atoms with E-state index in [0.29, 0.717) is 44.6 Å². The van der Waals surface area contributed by atoms with Gasteiger partial charge in [-0.05, 0) is 48.8 Å². The molecule has 4 amide bonds. The van der Waals surface area contributed by atoms with Gasteiger partial charge in [-0.3, -0.25) is 24.1 Å². The first-order valence-electron chi connectivity index (χ1n) is 15.5. The van der Waals surface area contributed by atoms with Crippen molar-refractivity contribution in [3.8, 4) is 5.75 Å². The molecule has 0 aliphatic carbocycles. The number of benzene rings is 1. The van der Waals surface area contributed by atoms with Crippen LogP contribution < -0.4 is 26.0 Å². The minimum atomic E-state index is -1.05. The van der Waals surface area contributed by atoms with Crippen molar-refractivity contribution >= 4 is 23.6 Å². The highest BCUT2D eigenvalue weighted by atomic mass is 16.5. The minimum Gasteiger partial charge on any atom is -0.494 e. The molecule has 2 fully saturated rings. The minimum absolute atomic E-state index is 0.0378. The highest BCUT2D eigenvalue weighted by Crippen LogP contribution is 2.24. The Morgan fingerprint density at radius 1 is 0.977 bits per heavy atom. The highest BCUT2D eigenvalue weighted by Gasteiger charge is 2.42. The van der Waals surface area contributed by atoms with E-state index in [4.69, 9.17) is 9.47 Å². The second-order valence-electron chi connectivity index (χ2n) is 12.3. The van der Waals surface area contributed by atoms with Gasteiger partial charge in [0.1, 0.15) is 24.6 Å². The summed E-state index contributed by atoms with van der Waals surface area (Å²) in [6.45, 7) is 8.50. The molecule has 5 N–H and O–H groups in total. The number of nitrogens with one attached hydrogen (secondary N) is 4. The molecule has 12 heteroatoms. The lowest BCUT2D eigenvalue weighted by molar-refractivity contribution is -0.134. The average Bonchev–Trinajstić information content (AvgIpc) is 3.37. The van der Waals surface area contributed by atoms with Gasteiger partial charge in [0.05, 0.1) is 30.9 Å². The summed E-state index contributed by atoms with van der Waals surface area (Å²) in [6.07, 6.45) is 0.830. The Bertz CT molecular complexity index is 1130. The number of likely N-dealkylation sites (tertiary alicyclic amines) is 1. The summed E-state index contributed by atoms with van der Waals surface area (Å²) >= 11 is 0. The van der Waals surface area contributed by atoms with E-state index < -0.39 is 30.3 Å². The van der Waals surface area contributed by atoms with Gasteiger partial charge in [0.2, 0.25) is 23.6 Å². The zero-order valence-corrected chi connectivity index (χ0v) is 25.6. The first-order valence-corrected chi connectivity index (χ1v) is 15.5. The number of hydrogen-bond donors (Lipinski definition) is 5. The van der Waals surface area contributed by atoms with Crippen LogP contribution in [0, 0.1) is 11.8 Å². The number of hydrogen-bond acceptors (Lipinski definition) is 8. The number of ether oxygens (including phenoxy) is 2. The van der Waals surface area contributed by atoms with Crippen LogP contribution in [0.1, 0.15) is 58.9 Å². The third kappa shape index (κ3) is 8.67. The third-order valence-electron chi connectivity index (χ3n) is 8.70. The molecule has 0 spiro atoms. The number of aliphatic hydroxyl groups excluding tert-OH is 1. The summed E-state index contributed by atoms with van der Waals surface area (Å²) < 4.78 is 11.7. The Morgan fingerprint density at radius 2 is 1.72 bits per heavy atom. The van der Waals surface area contributed by atoms with Gasteiger partial charge in [0.15, 0.2) is 0 Å². The highest BCUT2D eigenvalue weighted by molar-refractivity contribution is 5.90. The van der Waals surface area contributed by atoms with Crippen LogP contribution in [-0.4, -0.2) is 96.4 Å². The smallest absolute Gasteiger partial charge is 0.244 e. The molecule has 1 aromatic carbocycles. The van der Waals surface area contributed by atoms with Gasteiger partial charge in [0, 0.05) is 19.5 Å². The van der Waals surface area contributed by atoms with Gasteiger partial charge in [-0.2, -0.15) is 0 Å². The number of β-amino-alcohol motifs (C(OH)–C–C–N with tert-alkyl or cyclic N) is 1. The Balaban J connectivity index is 1.55. The second-order valence-corrected chi connectivity index (χ2v) is 12.3. The number of aliphatic hydroxyl groups is 1. The van der Waals surface area contributed by atoms with E-state index in [9.17, 15) is 24.3 Å². The summed E-state index contributed by atoms with van der Waals surface area (Å²) in [6, 6.07) is 4.69. The summed E-state index contributed by atoms with van der Waals surface area (Å²) in [5.74, 6) is -0.757. The quantitative estimate of drug-likeness (QED) is 0.315. The van der Waals surface area contributed by atoms with Gasteiger partial charge in [-0.15, -0.1) is 0 Å². The largest absolute Gasteiger partial charge is 0.494 e. The summed E-state index contributed by atoms with van der Waals surface area (Å²) in [4.78, 5) is 54.2. The molecule has 2 saturated heterocycles. The fourth-order valence-corrected chi connectivity index (χ4v) is 5.85. The number of amides is 4. The molecule has 43 heavy (non-hydrogen) atoms. The van der Waals surface area contributed by atoms with Crippen molar-refractivity contribution in [2.45, 2.75) is 96.2 Å². The molecule has 5 rings (SSSR count). The van der Waals surface area contributed by atoms with Crippen molar-refractivity contribution in [1.82, 2.24) is 26.2 Å². The van der Waals surface area contributed by atoms with E-state index in [0.717, 1.165) is 5.56 Å². The SMILES string of the molecule is CCC(C)C1NC(=O)C2CC(CN2CC(O)C2Cc3ccc(cc3)OCCCC(=O)NC(C(C)C)C(=O)N2)OCNC1=O. The molecule has 238 valence electrons. The molecule has 7 atom stereocenters. The summed E-state index contributed by atoms with van der Waals surface area (Å²) in [5, 5.41) is 23.2. The molecule has 4 aliphatic rings. The van der Waals surface area contributed by atoms with Crippen LogP contribution in [0.15, 0.2) is 24.3 Å². The molecule has 0 aromatic heterocycles. The van der Waals surface area contributed by atoms with Gasteiger partial charge >= 0.3 is 0 Å². The van der Waals surface area contributed by atoms with Gasteiger partial charge < -0.3 is 35.8 Å². The van der Waals surface area contributed by atoms with Crippen LogP contribution >= 0.6 is 0 Å². The maximum Gasteiger partial charge on any atom is 0.244 e. The Hall–Kier alpha value is -3.22. The topological polar surface area (TPSA) is 158 Å². The van der Waals surface area contributed by atoms with E-state index in [1.165, 1.54) is 0 Å². The molecule has 12 nitrogen and oxygen atoms in total.